The van der Waals surface area contributed by atoms with Crippen LogP contribution in [0.4, 0.5) is 0 Å². The van der Waals surface area contributed by atoms with Crippen molar-refractivity contribution in [2.24, 2.45) is 0 Å². The monoisotopic (exact) mass is 503 g/mol. The SMILES string of the molecule is CCCOC(=O)c1ccc(CN2C(=O)C(=O)/C(=C(/O)c3cccc(Cl)c3)C2c2cccc(C)c2)cc1. The van der Waals surface area contributed by atoms with Crippen LogP contribution in [-0.2, 0) is 20.9 Å². The first-order valence-corrected chi connectivity index (χ1v) is 12.0. The zero-order valence-corrected chi connectivity index (χ0v) is 20.8. The standard InChI is InChI=1S/C29H26ClNO5/c1-3-14-36-29(35)20-12-10-19(11-13-20)17-31-25(21-7-4-6-18(2)15-21)24(27(33)28(31)34)26(32)22-8-5-9-23(30)16-22/h4-13,15-16,25,32H,3,14,17H2,1-2H3/b26-24+. The van der Waals surface area contributed by atoms with Crippen LogP contribution in [-0.4, -0.2) is 34.3 Å². The number of rotatable bonds is 7. The van der Waals surface area contributed by atoms with E-state index in [1.165, 1.54) is 4.90 Å². The van der Waals surface area contributed by atoms with Crippen LogP contribution in [0.3, 0.4) is 0 Å². The molecule has 1 fully saturated rings. The minimum atomic E-state index is -0.793. The number of carbonyl (C=O) groups excluding carboxylic acids is 3. The summed E-state index contributed by atoms with van der Waals surface area (Å²) in [4.78, 5) is 40.0. The highest BCUT2D eigenvalue weighted by Gasteiger charge is 2.46. The van der Waals surface area contributed by atoms with E-state index >= 15 is 0 Å². The van der Waals surface area contributed by atoms with Gasteiger partial charge in [0.15, 0.2) is 0 Å². The molecule has 0 bridgehead atoms. The second-order valence-corrected chi connectivity index (χ2v) is 9.12. The number of hydrogen-bond acceptors (Lipinski definition) is 5. The number of esters is 1. The highest BCUT2D eigenvalue weighted by atomic mass is 35.5. The van der Waals surface area contributed by atoms with Crippen LogP contribution in [0.15, 0.2) is 78.4 Å². The van der Waals surface area contributed by atoms with Gasteiger partial charge in [0.05, 0.1) is 23.8 Å². The number of amides is 1. The molecule has 1 amide bonds. The Morgan fingerprint density at radius 3 is 2.39 bits per heavy atom. The zero-order valence-electron chi connectivity index (χ0n) is 20.0. The number of likely N-dealkylation sites (tertiary alicyclic amines) is 1. The first-order chi connectivity index (χ1) is 17.3. The summed E-state index contributed by atoms with van der Waals surface area (Å²) in [7, 11) is 0. The molecular weight excluding hydrogens is 478 g/mol. The number of ketones is 1. The molecular formula is C29H26ClNO5. The second kappa shape index (κ2) is 10.8. The predicted octanol–water partition coefficient (Wildman–Crippen LogP) is 5.84. The van der Waals surface area contributed by atoms with Gasteiger partial charge in [0, 0.05) is 17.1 Å². The number of hydrogen-bond donors (Lipinski definition) is 1. The number of aliphatic hydroxyl groups excluding tert-OH is 1. The summed E-state index contributed by atoms with van der Waals surface area (Å²) in [5.41, 5.74) is 3.16. The summed E-state index contributed by atoms with van der Waals surface area (Å²) >= 11 is 6.10. The van der Waals surface area contributed by atoms with Gasteiger partial charge in [-0.3, -0.25) is 9.59 Å². The van der Waals surface area contributed by atoms with Crippen LogP contribution in [0.5, 0.6) is 0 Å². The zero-order chi connectivity index (χ0) is 25.8. The van der Waals surface area contributed by atoms with Crippen molar-refractivity contribution in [1.82, 2.24) is 4.90 Å². The van der Waals surface area contributed by atoms with Crippen molar-refractivity contribution in [3.8, 4) is 0 Å². The van der Waals surface area contributed by atoms with E-state index in [1.807, 2.05) is 38.1 Å². The molecule has 7 heteroatoms. The lowest BCUT2D eigenvalue weighted by Crippen LogP contribution is -2.29. The minimum absolute atomic E-state index is 0.00707. The molecule has 1 N–H and O–H groups in total. The van der Waals surface area contributed by atoms with E-state index in [2.05, 4.69) is 0 Å². The van der Waals surface area contributed by atoms with Crippen LogP contribution < -0.4 is 0 Å². The molecule has 0 aromatic heterocycles. The first-order valence-electron chi connectivity index (χ1n) is 11.7. The molecule has 1 saturated heterocycles. The van der Waals surface area contributed by atoms with Gasteiger partial charge in [0.25, 0.3) is 11.7 Å². The molecule has 4 rings (SSSR count). The van der Waals surface area contributed by atoms with Crippen molar-refractivity contribution in [2.75, 3.05) is 6.61 Å². The molecule has 0 spiro atoms. The van der Waals surface area contributed by atoms with Crippen molar-refractivity contribution >= 4 is 35.0 Å². The van der Waals surface area contributed by atoms with E-state index in [4.69, 9.17) is 16.3 Å². The summed E-state index contributed by atoms with van der Waals surface area (Å²) in [5.74, 6) is -2.17. The molecule has 184 valence electrons. The molecule has 6 nitrogen and oxygen atoms in total. The molecule has 36 heavy (non-hydrogen) atoms. The Balaban J connectivity index is 1.74. The van der Waals surface area contributed by atoms with Gasteiger partial charge in [0.1, 0.15) is 5.76 Å². The number of nitrogens with zero attached hydrogens (tertiary/aromatic N) is 1. The molecule has 3 aromatic carbocycles. The van der Waals surface area contributed by atoms with Gasteiger partial charge in [-0.2, -0.15) is 0 Å². The quantitative estimate of drug-likeness (QED) is 0.189. The molecule has 1 atom stereocenters. The molecule has 3 aromatic rings. The third kappa shape index (κ3) is 5.19. The molecule has 1 aliphatic rings. The number of aryl methyl sites for hydroxylation is 1. The number of ether oxygens (including phenoxy) is 1. The fraction of sp³-hybridized carbons (Fsp3) is 0.207. The Hall–Kier alpha value is -3.90. The largest absolute Gasteiger partial charge is 0.507 e. The lowest BCUT2D eigenvalue weighted by Gasteiger charge is -2.26. The van der Waals surface area contributed by atoms with E-state index in [0.29, 0.717) is 28.3 Å². The maximum atomic E-state index is 13.2. The normalized spacial score (nSPS) is 16.9. The molecule has 1 heterocycles. The molecule has 1 unspecified atom stereocenters. The average Bonchev–Trinajstić information content (AvgIpc) is 3.12. The maximum Gasteiger partial charge on any atom is 0.338 e. The minimum Gasteiger partial charge on any atom is -0.507 e. The second-order valence-electron chi connectivity index (χ2n) is 8.68. The number of carbonyl (C=O) groups is 3. The van der Waals surface area contributed by atoms with Crippen LogP contribution in [0.25, 0.3) is 5.76 Å². The van der Waals surface area contributed by atoms with Crippen molar-refractivity contribution in [3.05, 3.63) is 111 Å². The fourth-order valence-electron chi connectivity index (χ4n) is 4.24. The number of Topliss-reactive ketones (excluding diaryl/α,β-unsaturated/α-hetero) is 1. The lowest BCUT2D eigenvalue weighted by atomic mass is 9.94. The number of benzene rings is 3. The Morgan fingerprint density at radius 2 is 1.72 bits per heavy atom. The lowest BCUT2D eigenvalue weighted by molar-refractivity contribution is -0.140. The smallest absolute Gasteiger partial charge is 0.338 e. The Bertz CT molecular complexity index is 1350. The molecule has 0 saturated carbocycles. The summed E-state index contributed by atoms with van der Waals surface area (Å²) in [6.07, 6.45) is 0.729. The maximum absolute atomic E-state index is 13.2. The van der Waals surface area contributed by atoms with Crippen molar-refractivity contribution in [2.45, 2.75) is 32.9 Å². The van der Waals surface area contributed by atoms with Gasteiger partial charge in [-0.15, -0.1) is 0 Å². The van der Waals surface area contributed by atoms with Crippen molar-refractivity contribution in [1.29, 1.82) is 0 Å². The summed E-state index contributed by atoms with van der Waals surface area (Å²) in [6, 6.07) is 19.9. The van der Waals surface area contributed by atoms with E-state index in [-0.39, 0.29) is 17.9 Å². The first kappa shape index (κ1) is 25.2. The topological polar surface area (TPSA) is 83.9 Å². The van der Waals surface area contributed by atoms with E-state index in [9.17, 15) is 19.5 Å². The number of aliphatic hydroxyl groups is 1. The van der Waals surface area contributed by atoms with Crippen molar-refractivity contribution in [3.63, 3.8) is 0 Å². The van der Waals surface area contributed by atoms with E-state index in [0.717, 1.165) is 17.5 Å². The predicted molar refractivity (Wildman–Crippen MR) is 137 cm³/mol. The van der Waals surface area contributed by atoms with Crippen LogP contribution in [0.1, 0.15) is 52.0 Å². The highest BCUT2D eigenvalue weighted by molar-refractivity contribution is 6.46. The molecule has 0 radical (unpaired) electrons. The van der Waals surface area contributed by atoms with Gasteiger partial charge < -0.3 is 14.7 Å². The van der Waals surface area contributed by atoms with Crippen LogP contribution in [0.2, 0.25) is 5.02 Å². The van der Waals surface area contributed by atoms with Crippen molar-refractivity contribution < 1.29 is 24.2 Å². The Labute approximate surface area is 214 Å². The van der Waals surface area contributed by atoms with Gasteiger partial charge in [-0.05, 0) is 48.7 Å². The summed E-state index contributed by atoms with van der Waals surface area (Å²) < 4.78 is 5.17. The Morgan fingerprint density at radius 1 is 1.00 bits per heavy atom. The van der Waals surface area contributed by atoms with Crippen LogP contribution >= 0.6 is 11.6 Å². The van der Waals surface area contributed by atoms with Gasteiger partial charge in [-0.25, -0.2) is 4.79 Å². The summed E-state index contributed by atoms with van der Waals surface area (Å²) in [5, 5.41) is 11.6. The third-order valence-corrected chi connectivity index (χ3v) is 6.21. The third-order valence-electron chi connectivity index (χ3n) is 5.98. The average molecular weight is 504 g/mol. The highest BCUT2D eigenvalue weighted by Crippen LogP contribution is 2.40. The number of halogens is 1. The summed E-state index contributed by atoms with van der Waals surface area (Å²) in [6.45, 7) is 4.29. The molecule has 0 aliphatic carbocycles. The van der Waals surface area contributed by atoms with Gasteiger partial charge in [0.2, 0.25) is 0 Å². The van der Waals surface area contributed by atoms with E-state index < -0.39 is 23.7 Å². The van der Waals surface area contributed by atoms with E-state index in [1.54, 1.807) is 48.5 Å². The van der Waals surface area contributed by atoms with Gasteiger partial charge >= 0.3 is 5.97 Å². The van der Waals surface area contributed by atoms with Gasteiger partial charge in [-0.1, -0.05) is 72.6 Å². The fourth-order valence-corrected chi connectivity index (χ4v) is 4.43. The molecule has 1 aliphatic heterocycles. The van der Waals surface area contributed by atoms with Crippen LogP contribution in [0, 0.1) is 6.92 Å². The Kier molecular flexibility index (Phi) is 7.55.